The standard InChI is InChI=1S/C22H28N4O3/c1-23-22(24-16-17-4-6-18(7-5-17)21(27)29-3)26-14-12-25(13-15-26)19-8-10-20(28-2)11-9-19/h4-11H,12-16H2,1-3H3,(H,23,24). The van der Waals surface area contributed by atoms with Gasteiger partial charge in [-0.2, -0.15) is 0 Å². The monoisotopic (exact) mass is 396 g/mol. The van der Waals surface area contributed by atoms with E-state index in [0.29, 0.717) is 12.1 Å². The van der Waals surface area contributed by atoms with Crippen LogP contribution in [-0.2, 0) is 11.3 Å². The molecule has 0 saturated carbocycles. The summed E-state index contributed by atoms with van der Waals surface area (Å²) in [6, 6.07) is 15.6. The molecule has 1 aliphatic rings. The summed E-state index contributed by atoms with van der Waals surface area (Å²) in [7, 11) is 4.87. The van der Waals surface area contributed by atoms with Gasteiger partial charge in [0, 0.05) is 45.5 Å². The zero-order chi connectivity index (χ0) is 20.6. The van der Waals surface area contributed by atoms with Crippen molar-refractivity contribution in [1.29, 1.82) is 0 Å². The summed E-state index contributed by atoms with van der Waals surface area (Å²) < 4.78 is 9.97. The number of carbonyl (C=O) groups excluding carboxylic acids is 1. The molecule has 1 N–H and O–H groups in total. The van der Waals surface area contributed by atoms with Crippen LogP contribution in [0.4, 0.5) is 5.69 Å². The molecule has 0 aromatic heterocycles. The van der Waals surface area contributed by atoms with E-state index in [1.807, 2.05) is 24.3 Å². The molecule has 29 heavy (non-hydrogen) atoms. The number of guanidine groups is 1. The van der Waals surface area contributed by atoms with Gasteiger partial charge in [-0.15, -0.1) is 0 Å². The van der Waals surface area contributed by atoms with Crippen molar-refractivity contribution < 1.29 is 14.3 Å². The normalized spacial score (nSPS) is 14.5. The third-order valence-corrected chi connectivity index (χ3v) is 5.05. The molecule has 0 radical (unpaired) electrons. The average molecular weight is 396 g/mol. The molecule has 154 valence electrons. The molecule has 2 aromatic carbocycles. The van der Waals surface area contributed by atoms with Crippen LogP contribution in [0.15, 0.2) is 53.5 Å². The Labute approximate surface area is 171 Å². The first-order chi connectivity index (χ1) is 14.1. The largest absolute Gasteiger partial charge is 0.497 e. The Kier molecular flexibility index (Phi) is 6.94. The molecule has 7 nitrogen and oxygen atoms in total. The molecule has 1 heterocycles. The Morgan fingerprint density at radius 3 is 2.21 bits per heavy atom. The van der Waals surface area contributed by atoms with Gasteiger partial charge >= 0.3 is 5.97 Å². The van der Waals surface area contributed by atoms with Crippen molar-refractivity contribution in [1.82, 2.24) is 10.2 Å². The number of aliphatic imine (C=N–C) groups is 1. The molecule has 0 spiro atoms. The molecule has 0 bridgehead atoms. The minimum absolute atomic E-state index is 0.324. The summed E-state index contributed by atoms with van der Waals surface area (Å²) in [5, 5.41) is 3.41. The van der Waals surface area contributed by atoms with Gasteiger partial charge in [-0.05, 0) is 42.0 Å². The maximum absolute atomic E-state index is 11.5. The van der Waals surface area contributed by atoms with E-state index in [1.54, 1.807) is 26.3 Å². The van der Waals surface area contributed by atoms with E-state index in [-0.39, 0.29) is 5.97 Å². The lowest BCUT2D eigenvalue weighted by Gasteiger charge is -2.37. The number of esters is 1. The first-order valence-electron chi connectivity index (χ1n) is 9.66. The van der Waals surface area contributed by atoms with Gasteiger partial charge in [0.05, 0.1) is 19.8 Å². The highest BCUT2D eigenvalue weighted by Crippen LogP contribution is 2.20. The molecule has 0 atom stereocenters. The van der Waals surface area contributed by atoms with Gasteiger partial charge in [-0.3, -0.25) is 4.99 Å². The van der Waals surface area contributed by atoms with Gasteiger partial charge in [0.2, 0.25) is 0 Å². The number of benzene rings is 2. The van der Waals surface area contributed by atoms with Crippen molar-refractivity contribution >= 4 is 17.6 Å². The Morgan fingerprint density at radius 1 is 1.00 bits per heavy atom. The van der Waals surface area contributed by atoms with Gasteiger partial charge in [0.15, 0.2) is 5.96 Å². The van der Waals surface area contributed by atoms with E-state index in [9.17, 15) is 4.79 Å². The number of nitrogens with zero attached hydrogens (tertiary/aromatic N) is 3. The number of anilines is 1. The van der Waals surface area contributed by atoms with E-state index in [2.05, 4.69) is 32.2 Å². The lowest BCUT2D eigenvalue weighted by molar-refractivity contribution is 0.0600. The minimum Gasteiger partial charge on any atom is -0.497 e. The van der Waals surface area contributed by atoms with Crippen LogP contribution in [0.1, 0.15) is 15.9 Å². The maximum atomic E-state index is 11.5. The summed E-state index contributed by atoms with van der Waals surface area (Å²) in [5.74, 6) is 1.43. The number of piperazine rings is 1. The zero-order valence-electron chi connectivity index (χ0n) is 17.2. The number of hydrogen-bond donors (Lipinski definition) is 1. The first kappa shape index (κ1) is 20.5. The van der Waals surface area contributed by atoms with Crippen LogP contribution in [0.25, 0.3) is 0 Å². The molecule has 1 fully saturated rings. The molecule has 0 aliphatic carbocycles. The fourth-order valence-electron chi connectivity index (χ4n) is 3.36. The van der Waals surface area contributed by atoms with Crippen LogP contribution < -0.4 is 15.0 Å². The van der Waals surface area contributed by atoms with Crippen LogP contribution >= 0.6 is 0 Å². The number of hydrogen-bond acceptors (Lipinski definition) is 5. The number of nitrogens with one attached hydrogen (secondary N) is 1. The van der Waals surface area contributed by atoms with Gasteiger partial charge in [0.25, 0.3) is 0 Å². The average Bonchev–Trinajstić information content (AvgIpc) is 2.80. The van der Waals surface area contributed by atoms with Crippen LogP contribution in [0, 0.1) is 0 Å². The van der Waals surface area contributed by atoms with Gasteiger partial charge < -0.3 is 24.6 Å². The van der Waals surface area contributed by atoms with E-state index >= 15 is 0 Å². The Hall–Kier alpha value is -3.22. The second-order valence-electron chi connectivity index (χ2n) is 6.76. The Morgan fingerprint density at radius 2 is 1.66 bits per heavy atom. The molecule has 2 aromatic rings. The SMILES string of the molecule is CN=C(NCc1ccc(C(=O)OC)cc1)N1CCN(c2ccc(OC)cc2)CC1. The quantitative estimate of drug-likeness (QED) is 0.476. The molecule has 0 amide bonds. The molecule has 3 rings (SSSR count). The fourth-order valence-corrected chi connectivity index (χ4v) is 3.36. The fraction of sp³-hybridized carbons (Fsp3) is 0.364. The molecule has 1 saturated heterocycles. The van der Waals surface area contributed by atoms with Crippen molar-refractivity contribution in [2.75, 3.05) is 52.3 Å². The Bertz CT molecular complexity index is 826. The third-order valence-electron chi connectivity index (χ3n) is 5.05. The first-order valence-corrected chi connectivity index (χ1v) is 9.66. The summed E-state index contributed by atoms with van der Waals surface area (Å²) in [6.45, 7) is 4.30. The van der Waals surface area contributed by atoms with Crippen molar-refractivity contribution in [3.8, 4) is 5.75 Å². The molecular formula is C22H28N4O3. The second kappa shape index (κ2) is 9.82. The van der Waals surface area contributed by atoms with Gasteiger partial charge in [-0.1, -0.05) is 12.1 Å². The third kappa shape index (κ3) is 5.19. The number of rotatable bonds is 5. The number of methoxy groups -OCH3 is 2. The minimum atomic E-state index is -0.324. The maximum Gasteiger partial charge on any atom is 0.337 e. The van der Waals surface area contributed by atoms with Crippen molar-refractivity contribution in [3.63, 3.8) is 0 Å². The van der Waals surface area contributed by atoms with Crippen LogP contribution in [0.5, 0.6) is 5.75 Å². The highest BCUT2D eigenvalue weighted by molar-refractivity contribution is 5.89. The van der Waals surface area contributed by atoms with Crippen LogP contribution in [-0.4, -0.2) is 64.3 Å². The smallest absolute Gasteiger partial charge is 0.337 e. The van der Waals surface area contributed by atoms with Crippen LogP contribution in [0.2, 0.25) is 0 Å². The highest BCUT2D eigenvalue weighted by atomic mass is 16.5. The summed E-state index contributed by atoms with van der Waals surface area (Å²) >= 11 is 0. The zero-order valence-corrected chi connectivity index (χ0v) is 17.2. The van der Waals surface area contributed by atoms with E-state index in [4.69, 9.17) is 9.47 Å². The van der Waals surface area contributed by atoms with Crippen LogP contribution in [0.3, 0.4) is 0 Å². The predicted octanol–water partition coefficient (Wildman–Crippen LogP) is 2.38. The molecule has 0 unspecified atom stereocenters. The van der Waals surface area contributed by atoms with Crippen molar-refractivity contribution in [2.45, 2.75) is 6.54 Å². The molecular weight excluding hydrogens is 368 g/mol. The van der Waals surface area contributed by atoms with Crippen molar-refractivity contribution in [3.05, 3.63) is 59.7 Å². The van der Waals surface area contributed by atoms with E-state index in [0.717, 1.165) is 43.5 Å². The number of ether oxygens (including phenoxy) is 2. The molecule has 7 heteroatoms. The second-order valence-corrected chi connectivity index (χ2v) is 6.76. The van der Waals surface area contributed by atoms with E-state index < -0.39 is 0 Å². The van der Waals surface area contributed by atoms with Gasteiger partial charge in [-0.25, -0.2) is 4.79 Å². The summed E-state index contributed by atoms with van der Waals surface area (Å²) in [5.41, 5.74) is 2.84. The predicted molar refractivity (Wildman–Crippen MR) is 115 cm³/mol. The van der Waals surface area contributed by atoms with Crippen molar-refractivity contribution in [2.24, 2.45) is 4.99 Å². The Balaban J connectivity index is 1.51. The number of carbonyl (C=O) groups is 1. The summed E-state index contributed by atoms with van der Waals surface area (Å²) in [4.78, 5) is 20.6. The lowest BCUT2D eigenvalue weighted by atomic mass is 10.1. The summed E-state index contributed by atoms with van der Waals surface area (Å²) in [6.07, 6.45) is 0. The highest BCUT2D eigenvalue weighted by Gasteiger charge is 2.19. The molecule has 1 aliphatic heterocycles. The van der Waals surface area contributed by atoms with E-state index in [1.165, 1.54) is 12.8 Å². The van der Waals surface area contributed by atoms with Gasteiger partial charge in [0.1, 0.15) is 5.75 Å². The lowest BCUT2D eigenvalue weighted by Crippen LogP contribution is -2.52. The topological polar surface area (TPSA) is 66.4 Å².